The van der Waals surface area contributed by atoms with Gasteiger partial charge in [0, 0.05) is 56.7 Å². The zero-order chi connectivity index (χ0) is 39.4. The van der Waals surface area contributed by atoms with Crippen LogP contribution in [0.25, 0.3) is 22.5 Å². The summed E-state index contributed by atoms with van der Waals surface area (Å²) in [5.74, 6) is 0.926. The molecule has 0 aliphatic carbocycles. The van der Waals surface area contributed by atoms with Crippen molar-refractivity contribution in [2.24, 2.45) is 0 Å². The number of benzene rings is 4. The Morgan fingerprint density at radius 1 is 0.655 bits per heavy atom. The molecule has 5 heterocycles. The van der Waals surface area contributed by atoms with Gasteiger partial charge in [0.05, 0.1) is 48.1 Å². The molecule has 58 heavy (non-hydrogen) atoms. The maximum Gasteiger partial charge on any atom is 0.263 e. The quantitative estimate of drug-likeness (QED) is 0.170. The topological polar surface area (TPSA) is 132 Å². The Kier molecular flexibility index (Phi) is 9.99. The van der Waals surface area contributed by atoms with Crippen molar-refractivity contribution < 1.29 is 19.1 Å². The van der Waals surface area contributed by atoms with Gasteiger partial charge in [0.15, 0.2) is 12.2 Å². The normalized spacial score (nSPS) is 15.7. The SMILES string of the molecule is CNC(=O)C1CN(Cc2ccc(-n3cccn3)cc2)c2cc(-c3ccc(CNC(=O)C4CN(Cc5ccc(-n6cccn6)cc5)c5ccccc5O4)nc3)ccc2O1. The third-order valence-corrected chi connectivity index (χ3v) is 10.4. The Morgan fingerprint density at radius 2 is 1.24 bits per heavy atom. The van der Waals surface area contributed by atoms with Gasteiger partial charge < -0.3 is 29.9 Å². The lowest BCUT2D eigenvalue weighted by molar-refractivity contribution is -0.128. The molecule has 2 unspecified atom stereocenters. The van der Waals surface area contributed by atoms with E-state index >= 15 is 0 Å². The van der Waals surface area contributed by atoms with Gasteiger partial charge in [-0.25, -0.2) is 9.36 Å². The van der Waals surface area contributed by atoms with Crippen LogP contribution in [0.1, 0.15) is 16.8 Å². The molecular formula is C45H41N9O4. The zero-order valence-corrected chi connectivity index (χ0v) is 31.8. The van der Waals surface area contributed by atoms with Gasteiger partial charge in [-0.1, -0.05) is 48.5 Å². The largest absolute Gasteiger partial charge is 0.477 e. The summed E-state index contributed by atoms with van der Waals surface area (Å²) >= 11 is 0. The molecule has 2 aliphatic rings. The molecule has 290 valence electrons. The van der Waals surface area contributed by atoms with Crippen LogP contribution in [0.3, 0.4) is 0 Å². The number of likely N-dealkylation sites (N-methyl/N-ethyl adjacent to an activating group) is 1. The number of para-hydroxylation sites is 2. The van der Waals surface area contributed by atoms with Crippen molar-refractivity contribution in [1.82, 2.24) is 35.2 Å². The summed E-state index contributed by atoms with van der Waals surface area (Å²) in [7, 11) is 1.62. The van der Waals surface area contributed by atoms with Crippen LogP contribution in [0.2, 0.25) is 0 Å². The minimum atomic E-state index is -0.699. The second-order valence-electron chi connectivity index (χ2n) is 14.2. The minimum absolute atomic E-state index is 0.175. The molecule has 0 saturated carbocycles. The molecule has 0 fully saturated rings. The van der Waals surface area contributed by atoms with E-state index in [2.05, 4.69) is 61.0 Å². The van der Waals surface area contributed by atoms with Crippen LogP contribution in [-0.4, -0.2) is 68.7 Å². The minimum Gasteiger partial charge on any atom is -0.477 e. The molecule has 13 nitrogen and oxygen atoms in total. The maximum absolute atomic E-state index is 13.6. The summed E-state index contributed by atoms with van der Waals surface area (Å²) in [6.07, 6.45) is 7.80. The molecule has 4 aromatic carbocycles. The molecule has 0 spiro atoms. The van der Waals surface area contributed by atoms with Gasteiger partial charge in [-0.3, -0.25) is 14.6 Å². The molecule has 0 radical (unpaired) electrons. The number of amides is 2. The fourth-order valence-electron chi connectivity index (χ4n) is 7.36. The van der Waals surface area contributed by atoms with Crippen LogP contribution in [0.4, 0.5) is 11.4 Å². The number of hydrogen-bond donors (Lipinski definition) is 2. The zero-order valence-electron chi connectivity index (χ0n) is 31.8. The van der Waals surface area contributed by atoms with Crippen LogP contribution in [-0.2, 0) is 29.2 Å². The molecule has 0 bridgehead atoms. The molecular weight excluding hydrogens is 731 g/mol. The number of fused-ring (bicyclic) bond motifs is 2. The third-order valence-electron chi connectivity index (χ3n) is 10.4. The first-order valence-electron chi connectivity index (χ1n) is 19.2. The number of rotatable bonds is 11. The van der Waals surface area contributed by atoms with Crippen molar-refractivity contribution >= 4 is 23.2 Å². The fraction of sp³-hybridized carbons (Fsp3) is 0.178. The molecule has 0 saturated heterocycles. The van der Waals surface area contributed by atoms with Gasteiger partial charge in [0.1, 0.15) is 11.5 Å². The highest BCUT2D eigenvalue weighted by molar-refractivity contribution is 5.84. The predicted molar refractivity (Wildman–Crippen MR) is 220 cm³/mol. The van der Waals surface area contributed by atoms with E-state index in [1.165, 1.54) is 0 Å². The predicted octanol–water partition coefficient (Wildman–Crippen LogP) is 5.72. The Hall–Kier alpha value is -7.41. The summed E-state index contributed by atoms with van der Waals surface area (Å²) in [6.45, 7) is 2.24. The van der Waals surface area contributed by atoms with E-state index in [1.54, 1.807) is 19.4 Å². The van der Waals surface area contributed by atoms with Crippen molar-refractivity contribution in [2.75, 3.05) is 29.9 Å². The number of hydrogen-bond acceptors (Lipinski definition) is 9. The van der Waals surface area contributed by atoms with Crippen molar-refractivity contribution in [3.8, 4) is 34.0 Å². The smallest absolute Gasteiger partial charge is 0.263 e. The Morgan fingerprint density at radius 3 is 1.83 bits per heavy atom. The molecule has 2 N–H and O–H groups in total. The fourth-order valence-corrected chi connectivity index (χ4v) is 7.36. The lowest BCUT2D eigenvalue weighted by Crippen LogP contribution is -2.48. The molecule has 2 amide bonds. The van der Waals surface area contributed by atoms with Gasteiger partial charge in [-0.05, 0) is 83.4 Å². The first-order chi connectivity index (χ1) is 28.5. The number of pyridine rings is 1. The van der Waals surface area contributed by atoms with Gasteiger partial charge in [-0.15, -0.1) is 0 Å². The molecule has 3 aromatic heterocycles. The number of ether oxygens (including phenoxy) is 2. The first-order valence-corrected chi connectivity index (χ1v) is 19.2. The van der Waals surface area contributed by atoms with Gasteiger partial charge in [0.25, 0.3) is 11.8 Å². The van der Waals surface area contributed by atoms with Crippen molar-refractivity contribution in [3.05, 3.63) is 163 Å². The summed E-state index contributed by atoms with van der Waals surface area (Å²) in [5.41, 5.74) is 8.57. The molecule has 13 heteroatoms. The highest BCUT2D eigenvalue weighted by Crippen LogP contribution is 2.38. The van der Waals surface area contributed by atoms with E-state index in [-0.39, 0.29) is 18.4 Å². The summed E-state index contributed by atoms with van der Waals surface area (Å²) in [5, 5.41) is 14.4. The lowest BCUT2D eigenvalue weighted by atomic mass is 10.0. The van der Waals surface area contributed by atoms with E-state index in [0.29, 0.717) is 37.7 Å². The molecule has 7 aromatic rings. The van der Waals surface area contributed by atoms with Crippen LogP contribution in [0, 0.1) is 0 Å². The highest BCUT2D eigenvalue weighted by Gasteiger charge is 2.32. The standard InChI is InChI=1S/C45H41N9O4/c1-46-44(55)42-29-52(28-32-10-17-37(18-11-32)54-23-5-21-50-54)39-24-33(13-19-41(39)58-42)34-12-14-35(47-25-34)26-48-45(56)43-30-51(38-6-2-3-7-40(38)57-43)27-31-8-15-36(16-9-31)53-22-4-20-49-53/h2-25,42-43H,26-30H2,1H3,(H,46,55)(H,48,56). The van der Waals surface area contributed by atoms with E-state index < -0.39 is 12.2 Å². The van der Waals surface area contributed by atoms with E-state index in [4.69, 9.17) is 14.5 Å². The van der Waals surface area contributed by atoms with Crippen LogP contribution in [0.5, 0.6) is 11.5 Å². The Balaban J connectivity index is 0.861. The van der Waals surface area contributed by atoms with Crippen molar-refractivity contribution in [1.29, 1.82) is 0 Å². The van der Waals surface area contributed by atoms with Gasteiger partial charge in [-0.2, -0.15) is 10.2 Å². The number of nitrogens with one attached hydrogen (secondary N) is 2. The summed E-state index contributed by atoms with van der Waals surface area (Å²) in [4.78, 5) is 35.3. The summed E-state index contributed by atoms with van der Waals surface area (Å²) in [6, 6.07) is 37.9. The monoisotopic (exact) mass is 771 g/mol. The second kappa shape index (κ2) is 16.0. The van der Waals surface area contributed by atoms with Crippen LogP contribution < -0.4 is 29.9 Å². The number of carbonyl (C=O) groups excluding carboxylic acids is 2. The number of carbonyl (C=O) groups is 2. The van der Waals surface area contributed by atoms with E-state index in [1.807, 2.05) is 113 Å². The van der Waals surface area contributed by atoms with Gasteiger partial charge in [0.2, 0.25) is 0 Å². The average molecular weight is 772 g/mol. The van der Waals surface area contributed by atoms with Gasteiger partial charge >= 0.3 is 0 Å². The van der Waals surface area contributed by atoms with E-state index in [0.717, 1.165) is 50.7 Å². The number of nitrogens with zero attached hydrogens (tertiary/aromatic N) is 7. The lowest BCUT2D eigenvalue weighted by Gasteiger charge is -2.36. The summed E-state index contributed by atoms with van der Waals surface area (Å²) < 4.78 is 16.0. The number of anilines is 2. The second-order valence-corrected chi connectivity index (χ2v) is 14.2. The Bertz CT molecular complexity index is 2510. The highest BCUT2D eigenvalue weighted by atomic mass is 16.5. The van der Waals surface area contributed by atoms with Crippen LogP contribution >= 0.6 is 0 Å². The van der Waals surface area contributed by atoms with E-state index in [9.17, 15) is 9.59 Å². The van der Waals surface area contributed by atoms with Crippen LogP contribution in [0.15, 0.2) is 146 Å². The van der Waals surface area contributed by atoms with Crippen molar-refractivity contribution in [3.63, 3.8) is 0 Å². The van der Waals surface area contributed by atoms with Crippen molar-refractivity contribution in [2.45, 2.75) is 31.8 Å². The average Bonchev–Trinajstić information content (AvgIpc) is 4.02. The Labute approximate surface area is 335 Å². The molecule has 9 rings (SSSR count). The molecule has 2 aliphatic heterocycles. The maximum atomic E-state index is 13.6. The first kappa shape index (κ1) is 36.2. The molecule has 2 atom stereocenters. The third kappa shape index (κ3) is 7.69. The number of aromatic nitrogens is 5.